The maximum absolute atomic E-state index is 11.8. The van der Waals surface area contributed by atoms with Crippen LogP contribution in [-0.4, -0.2) is 29.0 Å². The van der Waals surface area contributed by atoms with Crippen LogP contribution in [0, 0.1) is 0 Å². The Morgan fingerprint density at radius 3 is 2.74 bits per heavy atom. The van der Waals surface area contributed by atoms with Crippen LogP contribution < -0.4 is 10.2 Å². The third-order valence-corrected chi connectivity index (χ3v) is 3.69. The van der Waals surface area contributed by atoms with E-state index in [2.05, 4.69) is 20.2 Å². The summed E-state index contributed by atoms with van der Waals surface area (Å²) in [6, 6.07) is 3.83. The highest BCUT2D eigenvalue weighted by molar-refractivity contribution is 7.07. The second-order valence-corrected chi connectivity index (χ2v) is 5.15. The van der Waals surface area contributed by atoms with Crippen molar-refractivity contribution in [2.75, 3.05) is 23.3 Å². The number of anilines is 2. The Morgan fingerprint density at radius 1 is 1.26 bits per heavy atom. The molecule has 98 valence electrons. The molecule has 1 aliphatic heterocycles. The molecular formula is C13H14N4OS. The summed E-state index contributed by atoms with van der Waals surface area (Å²) >= 11 is 1.40. The van der Waals surface area contributed by atoms with Gasteiger partial charge in [-0.25, -0.2) is 9.97 Å². The first-order valence-electron chi connectivity index (χ1n) is 6.23. The molecule has 0 unspecified atom stereocenters. The van der Waals surface area contributed by atoms with Crippen molar-refractivity contribution in [1.82, 2.24) is 9.97 Å². The van der Waals surface area contributed by atoms with Gasteiger partial charge in [0.2, 0.25) is 0 Å². The van der Waals surface area contributed by atoms with Crippen molar-refractivity contribution in [2.45, 2.75) is 12.8 Å². The second kappa shape index (κ2) is 5.36. The zero-order valence-corrected chi connectivity index (χ0v) is 11.2. The molecule has 3 rings (SSSR count). The number of nitrogens with one attached hydrogen (secondary N) is 1. The molecule has 0 aromatic carbocycles. The number of nitrogens with zero attached hydrogens (tertiary/aromatic N) is 3. The third kappa shape index (κ3) is 2.73. The fraction of sp³-hybridized carbons (Fsp3) is 0.308. The van der Waals surface area contributed by atoms with E-state index in [1.54, 1.807) is 17.1 Å². The van der Waals surface area contributed by atoms with Crippen molar-refractivity contribution in [3.8, 4) is 0 Å². The molecule has 19 heavy (non-hydrogen) atoms. The van der Waals surface area contributed by atoms with Crippen LogP contribution in [0.5, 0.6) is 0 Å². The van der Waals surface area contributed by atoms with Gasteiger partial charge in [-0.15, -0.1) is 11.3 Å². The highest BCUT2D eigenvalue weighted by atomic mass is 32.1. The molecule has 0 bridgehead atoms. The Balaban J connectivity index is 1.67. The van der Waals surface area contributed by atoms with E-state index in [4.69, 9.17) is 0 Å². The lowest BCUT2D eigenvalue weighted by atomic mass is 10.3. The quantitative estimate of drug-likeness (QED) is 0.933. The fourth-order valence-corrected chi connectivity index (χ4v) is 2.65. The van der Waals surface area contributed by atoms with Crippen molar-refractivity contribution in [2.24, 2.45) is 0 Å². The lowest BCUT2D eigenvalue weighted by Gasteiger charge is -2.16. The van der Waals surface area contributed by atoms with Gasteiger partial charge in [0.1, 0.15) is 11.5 Å². The Kier molecular flexibility index (Phi) is 3.41. The molecule has 2 aromatic heterocycles. The molecule has 1 N–H and O–H groups in total. The third-order valence-electron chi connectivity index (χ3n) is 3.10. The minimum atomic E-state index is -0.197. The van der Waals surface area contributed by atoms with Crippen molar-refractivity contribution >= 4 is 28.7 Å². The number of pyridine rings is 1. The zero-order valence-electron chi connectivity index (χ0n) is 10.4. The van der Waals surface area contributed by atoms with Crippen LogP contribution in [0.25, 0.3) is 0 Å². The van der Waals surface area contributed by atoms with Gasteiger partial charge in [0.25, 0.3) is 5.91 Å². The number of thiazole rings is 1. The summed E-state index contributed by atoms with van der Waals surface area (Å²) in [6.07, 6.45) is 4.14. The second-order valence-electron chi connectivity index (χ2n) is 4.43. The molecule has 0 atom stereocenters. The van der Waals surface area contributed by atoms with E-state index in [1.165, 1.54) is 24.2 Å². The summed E-state index contributed by atoms with van der Waals surface area (Å²) < 4.78 is 0. The number of amides is 1. The summed E-state index contributed by atoms with van der Waals surface area (Å²) in [5, 5.41) is 4.51. The average molecular weight is 274 g/mol. The molecule has 1 aliphatic rings. The van der Waals surface area contributed by atoms with Crippen LogP contribution in [-0.2, 0) is 0 Å². The average Bonchev–Trinajstić information content (AvgIpc) is 3.13. The first-order valence-corrected chi connectivity index (χ1v) is 7.18. The van der Waals surface area contributed by atoms with Crippen molar-refractivity contribution in [3.63, 3.8) is 0 Å². The Labute approximate surface area is 115 Å². The largest absolute Gasteiger partial charge is 0.357 e. The van der Waals surface area contributed by atoms with Crippen molar-refractivity contribution in [1.29, 1.82) is 0 Å². The van der Waals surface area contributed by atoms with E-state index in [-0.39, 0.29) is 5.91 Å². The first kappa shape index (κ1) is 12.1. The summed E-state index contributed by atoms with van der Waals surface area (Å²) in [6.45, 7) is 2.13. The minimum Gasteiger partial charge on any atom is -0.357 e. The van der Waals surface area contributed by atoms with Gasteiger partial charge in [-0.2, -0.15) is 0 Å². The van der Waals surface area contributed by atoms with E-state index in [9.17, 15) is 4.79 Å². The number of carbonyl (C=O) groups is 1. The predicted octanol–water partition coefficient (Wildman–Crippen LogP) is 2.39. The monoisotopic (exact) mass is 274 g/mol. The summed E-state index contributed by atoms with van der Waals surface area (Å²) in [4.78, 5) is 22.4. The standard InChI is InChI=1S/C13H14N4OS/c18-13(11-8-19-9-15-11)16-10-3-4-12(14-7-10)17-5-1-2-6-17/h3-4,7-9H,1-2,5-6H2,(H,16,18). The van der Waals surface area contributed by atoms with Crippen molar-refractivity contribution in [3.05, 3.63) is 34.9 Å². The molecule has 0 spiro atoms. The van der Waals surface area contributed by atoms with Crippen LogP contribution in [0.3, 0.4) is 0 Å². The van der Waals surface area contributed by atoms with Gasteiger partial charge in [0.15, 0.2) is 0 Å². The van der Waals surface area contributed by atoms with Gasteiger partial charge >= 0.3 is 0 Å². The van der Waals surface area contributed by atoms with Gasteiger partial charge in [-0.1, -0.05) is 0 Å². The summed E-state index contributed by atoms with van der Waals surface area (Å²) in [5.41, 5.74) is 2.78. The lowest BCUT2D eigenvalue weighted by molar-refractivity contribution is 0.102. The Morgan fingerprint density at radius 2 is 2.11 bits per heavy atom. The van der Waals surface area contributed by atoms with Crippen LogP contribution in [0.15, 0.2) is 29.2 Å². The summed E-state index contributed by atoms with van der Waals surface area (Å²) in [7, 11) is 0. The van der Waals surface area contributed by atoms with E-state index < -0.39 is 0 Å². The molecule has 3 heterocycles. The summed E-state index contributed by atoms with van der Waals surface area (Å²) in [5.74, 6) is 0.779. The molecule has 0 aliphatic carbocycles. The molecule has 6 heteroatoms. The minimum absolute atomic E-state index is 0.197. The molecule has 1 fully saturated rings. The van der Waals surface area contributed by atoms with Gasteiger partial charge in [0, 0.05) is 18.5 Å². The molecular weight excluding hydrogens is 260 g/mol. The molecule has 0 saturated carbocycles. The van der Waals surface area contributed by atoms with Gasteiger partial charge in [0.05, 0.1) is 17.4 Å². The number of carbonyl (C=O) groups excluding carboxylic acids is 1. The number of aromatic nitrogens is 2. The van der Waals surface area contributed by atoms with E-state index in [1.807, 2.05) is 12.1 Å². The molecule has 0 radical (unpaired) electrons. The van der Waals surface area contributed by atoms with E-state index in [0.29, 0.717) is 11.4 Å². The molecule has 1 amide bonds. The zero-order chi connectivity index (χ0) is 13.1. The molecule has 5 nitrogen and oxygen atoms in total. The van der Waals surface area contributed by atoms with Crippen LogP contribution in [0.4, 0.5) is 11.5 Å². The van der Waals surface area contributed by atoms with E-state index in [0.717, 1.165) is 18.9 Å². The van der Waals surface area contributed by atoms with Gasteiger partial charge < -0.3 is 10.2 Å². The topological polar surface area (TPSA) is 58.1 Å². The highest BCUT2D eigenvalue weighted by Crippen LogP contribution is 2.19. The Bertz CT molecular complexity index is 547. The maximum atomic E-state index is 11.8. The van der Waals surface area contributed by atoms with Crippen LogP contribution in [0.1, 0.15) is 23.3 Å². The number of hydrogen-bond acceptors (Lipinski definition) is 5. The maximum Gasteiger partial charge on any atom is 0.275 e. The first-order chi connectivity index (χ1) is 9.33. The highest BCUT2D eigenvalue weighted by Gasteiger charge is 2.13. The fourth-order valence-electron chi connectivity index (χ4n) is 2.11. The Hall–Kier alpha value is -1.95. The van der Waals surface area contributed by atoms with Gasteiger partial charge in [-0.3, -0.25) is 4.79 Å². The normalized spacial score (nSPS) is 14.6. The van der Waals surface area contributed by atoms with Crippen molar-refractivity contribution < 1.29 is 4.79 Å². The lowest BCUT2D eigenvalue weighted by Crippen LogP contribution is -2.19. The SMILES string of the molecule is O=C(Nc1ccc(N2CCCC2)nc1)c1cscn1. The van der Waals surface area contributed by atoms with E-state index >= 15 is 0 Å². The van der Waals surface area contributed by atoms with Crippen LogP contribution in [0.2, 0.25) is 0 Å². The van der Waals surface area contributed by atoms with Gasteiger partial charge in [-0.05, 0) is 25.0 Å². The molecule has 1 saturated heterocycles. The van der Waals surface area contributed by atoms with Crippen LogP contribution >= 0.6 is 11.3 Å². The number of hydrogen-bond donors (Lipinski definition) is 1. The smallest absolute Gasteiger partial charge is 0.275 e. The predicted molar refractivity (Wildman–Crippen MR) is 75.8 cm³/mol. The number of rotatable bonds is 3. The molecule has 2 aromatic rings.